The Morgan fingerprint density at radius 2 is 0.963 bits per heavy atom. The highest BCUT2D eigenvalue weighted by atomic mass is 32.5. The Morgan fingerprint density at radius 1 is 0.593 bits per heavy atom. The van der Waals surface area contributed by atoms with E-state index >= 15 is 0 Å². The topological polar surface area (TPSA) is 64.1 Å². The molecule has 2 rings (SSSR count). The molecule has 0 amide bonds. The molecule has 0 saturated heterocycles. The van der Waals surface area contributed by atoms with Gasteiger partial charge in [0.2, 0.25) is 0 Å². The highest BCUT2D eigenvalue weighted by molar-refractivity contribution is 8.46. The second-order valence-corrected chi connectivity index (χ2v) is 9.87. The van der Waals surface area contributed by atoms with Gasteiger partial charge in [0.25, 0.3) is 0 Å². The first-order valence-corrected chi connectivity index (χ1v) is 10.3. The van der Waals surface area contributed by atoms with Crippen molar-refractivity contribution in [3.63, 3.8) is 0 Å². The number of anilines is 2. The van der Waals surface area contributed by atoms with E-state index in [-0.39, 0.29) is 12.1 Å². The van der Waals surface area contributed by atoms with E-state index in [4.69, 9.17) is 11.6 Å². The van der Waals surface area contributed by atoms with E-state index in [0.29, 0.717) is 0 Å². The third kappa shape index (κ3) is 6.59. The third-order valence-electron chi connectivity index (χ3n) is 2.79. The van der Waals surface area contributed by atoms with E-state index in [9.17, 15) is 38.9 Å². The molecule has 0 bridgehead atoms. The van der Waals surface area contributed by atoms with Gasteiger partial charge in [0, 0.05) is 0 Å². The van der Waals surface area contributed by atoms with Crippen molar-refractivity contribution in [2.75, 3.05) is 11.2 Å². The average Bonchev–Trinajstić information content (AvgIpc) is 2.43. The molecule has 0 aliphatic heterocycles. The van der Waals surface area contributed by atoms with Crippen molar-refractivity contribution >= 4 is 31.8 Å². The Bertz CT molecular complexity index is 850. The molecule has 2 aromatic rings. The van der Waals surface area contributed by atoms with Gasteiger partial charge in [0.15, 0.2) is 0 Å². The summed E-state index contributed by atoms with van der Waals surface area (Å²) < 4.78 is 122. The van der Waals surface area contributed by atoms with E-state index in [0.717, 1.165) is 30.3 Å². The van der Waals surface area contributed by atoms with Crippen LogP contribution >= 0.6 is 20.4 Å². The Labute approximate surface area is 146 Å². The molecule has 0 radical (unpaired) electrons. The average molecular weight is 453 g/mol. The normalized spacial score (nSPS) is 17.3. The van der Waals surface area contributed by atoms with E-state index in [1.54, 1.807) is 5.43 Å². The van der Waals surface area contributed by atoms with Crippen LogP contribution in [0, 0.1) is 0 Å². The molecule has 0 aromatic heterocycles. The lowest BCUT2D eigenvalue weighted by Crippen LogP contribution is -2.14. The van der Waals surface area contributed by atoms with E-state index in [2.05, 4.69) is 0 Å². The number of hydrogen-bond acceptors (Lipinski definition) is 3. The van der Waals surface area contributed by atoms with Crippen molar-refractivity contribution in [2.45, 2.75) is 9.79 Å². The van der Waals surface area contributed by atoms with Gasteiger partial charge in [-0.15, -0.1) is 0 Å². The van der Waals surface area contributed by atoms with Gasteiger partial charge in [-0.25, -0.2) is 0 Å². The summed E-state index contributed by atoms with van der Waals surface area (Å²) in [5.41, 5.74) is 4.59. The SMILES string of the molecule is NNc1ccccc1S(F)(F)(F)(F)F.Nc1ccccc1S(F)(F)(F)(F)F. The van der Waals surface area contributed by atoms with Gasteiger partial charge in [-0.05, 0) is 24.3 Å². The van der Waals surface area contributed by atoms with Crippen LogP contribution in [0.5, 0.6) is 0 Å². The molecule has 0 fully saturated rings. The van der Waals surface area contributed by atoms with Gasteiger partial charge in [0.05, 0.1) is 11.4 Å². The number of nitrogen functional groups attached to an aromatic ring is 2. The second kappa shape index (κ2) is 5.29. The standard InChI is InChI=1S/C6H7F5N2S.C6H6F5NS/c7-14(8,9,10,11)6-4-2-1-3-5(6)13-12;7-13(8,9,10,11)6-4-2-1-3-5(6)12/h1-4,13H,12H2;1-4H,12H2. The largest absolute Gasteiger partial charge is 0.398 e. The molecule has 158 valence electrons. The fraction of sp³-hybridized carbons (Fsp3) is 0. The van der Waals surface area contributed by atoms with Gasteiger partial charge in [0.1, 0.15) is 9.79 Å². The molecule has 3 nitrogen and oxygen atoms in total. The van der Waals surface area contributed by atoms with Crippen molar-refractivity contribution in [1.29, 1.82) is 0 Å². The number of hydrazine groups is 1. The Hall–Kier alpha value is -2.00. The van der Waals surface area contributed by atoms with Gasteiger partial charge in [-0.3, -0.25) is 5.84 Å². The van der Waals surface area contributed by atoms with Crippen LogP contribution in [-0.4, -0.2) is 0 Å². The highest BCUT2D eigenvalue weighted by Crippen LogP contribution is 3.03. The molecule has 0 unspecified atom stereocenters. The maximum atomic E-state index is 12.3. The summed E-state index contributed by atoms with van der Waals surface area (Å²) in [6.45, 7) is 0. The molecule has 2 aromatic carbocycles. The Balaban J connectivity index is 0.000000271. The summed E-state index contributed by atoms with van der Waals surface area (Å²) >= 11 is 0. The van der Waals surface area contributed by atoms with Crippen LogP contribution in [0.3, 0.4) is 0 Å². The summed E-state index contributed by atoms with van der Waals surface area (Å²) in [5.74, 6) is 4.70. The number of hydrogen-bond donors (Lipinski definition) is 3. The van der Waals surface area contributed by atoms with Crippen molar-refractivity contribution in [2.24, 2.45) is 5.84 Å². The van der Waals surface area contributed by atoms with E-state index < -0.39 is 41.6 Å². The molecule has 15 heteroatoms. The molecule has 0 atom stereocenters. The quantitative estimate of drug-likeness (QED) is 0.195. The van der Waals surface area contributed by atoms with E-state index in [1.807, 2.05) is 0 Å². The number of nitrogens with one attached hydrogen (secondary N) is 1. The third-order valence-corrected chi connectivity index (χ3v) is 5.18. The zero-order valence-electron chi connectivity index (χ0n) is 12.9. The first kappa shape index (κ1) is 23.0. The second-order valence-electron chi connectivity index (χ2n) is 5.12. The summed E-state index contributed by atoms with van der Waals surface area (Å²) in [6.07, 6.45) is 0. The van der Waals surface area contributed by atoms with Crippen molar-refractivity contribution in [3.05, 3.63) is 48.5 Å². The first-order chi connectivity index (χ1) is 11.5. The molecule has 0 aliphatic carbocycles. The minimum atomic E-state index is -9.64. The van der Waals surface area contributed by atoms with Gasteiger partial charge in [-0.1, -0.05) is 63.1 Å². The summed E-state index contributed by atoms with van der Waals surface area (Å²) in [5, 5.41) is 0. The number of halogens is 10. The first-order valence-electron chi connectivity index (χ1n) is 6.43. The lowest BCUT2D eigenvalue weighted by atomic mass is 10.3. The van der Waals surface area contributed by atoms with Crippen molar-refractivity contribution < 1.29 is 38.9 Å². The minimum Gasteiger partial charge on any atom is -0.398 e. The van der Waals surface area contributed by atoms with E-state index in [1.165, 1.54) is 6.07 Å². The molecule has 0 spiro atoms. The Kier molecular flexibility index (Phi) is 4.51. The smallest absolute Gasteiger partial charge is 0.312 e. The predicted molar refractivity (Wildman–Crippen MR) is 87.9 cm³/mol. The minimum absolute atomic E-state index is 0.275. The number of benzene rings is 2. The molecular weight excluding hydrogens is 440 g/mol. The molecule has 27 heavy (non-hydrogen) atoms. The van der Waals surface area contributed by atoms with Crippen LogP contribution in [0.25, 0.3) is 0 Å². The lowest BCUT2D eigenvalue weighted by Gasteiger charge is -2.41. The zero-order chi connectivity index (χ0) is 21.5. The number of rotatable bonds is 3. The highest BCUT2D eigenvalue weighted by Gasteiger charge is 2.67. The number of para-hydroxylation sites is 2. The lowest BCUT2D eigenvalue weighted by molar-refractivity contribution is 0.361. The predicted octanol–water partition coefficient (Wildman–Crippen LogP) is 7.56. The van der Waals surface area contributed by atoms with Crippen LogP contribution in [0.1, 0.15) is 0 Å². The van der Waals surface area contributed by atoms with Crippen LogP contribution in [0.4, 0.5) is 50.2 Å². The summed E-state index contributed by atoms with van der Waals surface area (Å²) in [6, 6.07) is 6.23. The fourth-order valence-electron chi connectivity index (χ4n) is 1.75. The van der Waals surface area contributed by atoms with Crippen LogP contribution in [0.2, 0.25) is 0 Å². The summed E-state index contributed by atoms with van der Waals surface area (Å²) in [7, 11) is -19.2. The molecule has 5 N–H and O–H groups in total. The van der Waals surface area contributed by atoms with Crippen LogP contribution < -0.4 is 17.0 Å². The molecule has 0 saturated carbocycles. The zero-order valence-corrected chi connectivity index (χ0v) is 14.5. The Morgan fingerprint density at radius 3 is 1.26 bits per heavy atom. The summed E-state index contributed by atoms with van der Waals surface area (Å²) in [4.78, 5) is -4.03. The fourth-order valence-corrected chi connectivity index (χ4v) is 3.48. The van der Waals surface area contributed by atoms with Crippen LogP contribution in [-0.2, 0) is 0 Å². The molecule has 0 aliphatic rings. The maximum absolute atomic E-state index is 12.3. The maximum Gasteiger partial charge on any atom is 0.312 e. The molecular formula is C12H13F10N3S2. The van der Waals surface area contributed by atoms with Gasteiger partial charge >= 0.3 is 20.4 Å². The molecule has 0 heterocycles. The number of nitrogens with two attached hydrogens (primary N) is 2. The monoisotopic (exact) mass is 453 g/mol. The van der Waals surface area contributed by atoms with Gasteiger partial charge in [-0.2, -0.15) is 0 Å². The van der Waals surface area contributed by atoms with Gasteiger partial charge < -0.3 is 11.2 Å². The van der Waals surface area contributed by atoms with Crippen molar-refractivity contribution in [1.82, 2.24) is 0 Å². The van der Waals surface area contributed by atoms with Crippen molar-refractivity contribution in [3.8, 4) is 0 Å². The van der Waals surface area contributed by atoms with Crippen LogP contribution in [0.15, 0.2) is 58.3 Å².